The van der Waals surface area contributed by atoms with Crippen LogP contribution in [0.4, 0.5) is 10.1 Å². The number of hydrazine groups is 1. The first kappa shape index (κ1) is 26.5. The number of aliphatic carboxylic acids is 1. The van der Waals surface area contributed by atoms with Crippen molar-refractivity contribution in [2.24, 2.45) is 0 Å². The Balaban J connectivity index is 1.42. The van der Waals surface area contributed by atoms with E-state index in [9.17, 15) is 27.5 Å². The highest BCUT2D eigenvalue weighted by Gasteiger charge is 2.27. The number of rotatable bonds is 13. The third-order valence-electron chi connectivity index (χ3n) is 6.36. The molecule has 0 radical (unpaired) electrons. The molecule has 3 aromatic rings. The van der Waals surface area contributed by atoms with E-state index in [1.807, 2.05) is 24.3 Å². The predicted octanol–water partition coefficient (Wildman–Crippen LogP) is 4.27. The second kappa shape index (κ2) is 11.7. The normalized spacial score (nSPS) is 14.2. The summed E-state index contributed by atoms with van der Waals surface area (Å²) in [6, 6.07) is 20.2. The molecule has 2 N–H and O–H groups in total. The number of halogens is 1. The van der Waals surface area contributed by atoms with Crippen LogP contribution in [-0.4, -0.2) is 37.7 Å². The number of carboxylic acid groups (broad SMARTS) is 1. The van der Waals surface area contributed by atoms with Crippen molar-refractivity contribution in [3.05, 3.63) is 95.3 Å². The van der Waals surface area contributed by atoms with E-state index in [2.05, 4.69) is 5.43 Å². The van der Waals surface area contributed by atoms with Gasteiger partial charge in [-0.05, 0) is 72.7 Å². The lowest BCUT2D eigenvalue weighted by Gasteiger charge is -2.19. The van der Waals surface area contributed by atoms with Crippen LogP contribution in [0, 0.1) is 5.82 Å². The van der Waals surface area contributed by atoms with Crippen LogP contribution in [-0.2, 0) is 32.3 Å². The van der Waals surface area contributed by atoms with Crippen LogP contribution < -0.4 is 10.4 Å². The molecule has 1 aliphatic rings. The molecule has 1 saturated carbocycles. The van der Waals surface area contributed by atoms with Crippen LogP contribution in [0.5, 0.6) is 0 Å². The van der Waals surface area contributed by atoms with Crippen molar-refractivity contribution in [2.45, 2.75) is 49.0 Å². The molecule has 1 atom stereocenters. The molecular formula is C28H29FN2O5S. The number of amides is 1. The molecule has 0 bridgehead atoms. The largest absolute Gasteiger partial charge is 0.481 e. The summed E-state index contributed by atoms with van der Waals surface area (Å²) in [6.07, 6.45) is 3.75. The van der Waals surface area contributed by atoms with Crippen LogP contribution in [0.2, 0.25) is 0 Å². The molecule has 194 valence electrons. The Kier molecular flexibility index (Phi) is 8.35. The van der Waals surface area contributed by atoms with Crippen molar-refractivity contribution in [2.75, 3.05) is 10.8 Å². The molecule has 7 nitrogen and oxygen atoms in total. The summed E-state index contributed by atoms with van der Waals surface area (Å²) in [4.78, 5) is 22.9. The fourth-order valence-corrected chi connectivity index (χ4v) is 5.80. The number of carboxylic acids is 1. The van der Waals surface area contributed by atoms with Gasteiger partial charge in [-0.3, -0.25) is 9.59 Å². The second-order valence-corrected chi connectivity index (χ2v) is 11.3. The van der Waals surface area contributed by atoms with Crippen molar-refractivity contribution < 1.29 is 27.5 Å². The highest BCUT2D eigenvalue weighted by atomic mass is 32.2. The number of hydrogen-bond donors (Lipinski definition) is 2. The molecule has 1 fully saturated rings. The van der Waals surface area contributed by atoms with E-state index in [4.69, 9.17) is 0 Å². The van der Waals surface area contributed by atoms with Gasteiger partial charge in [0.2, 0.25) is 6.41 Å². The number of sulfone groups is 1. The third-order valence-corrected chi connectivity index (χ3v) is 8.20. The summed E-state index contributed by atoms with van der Waals surface area (Å²) in [6.45, 7) is 0. The van der Waals surface area contributed by atoms with Crippen molar-refractivity contribution in [3.63, 3.8) is 0 Å². The molecule has 9 heteroatoms. The molecule has 37 heavy (non-hydrogen) atoms. The molecule has 1 aliphatic carbocycles. The predicted molar refractivity (Wildman–Crippen MR) is 138 cm³/mol. The summed E-state index contributed by atoms with van der Waals surface area (Å²) < 4.78 is 40.4. The van der Waals surface area contributed by atoms with Crippen LogP contribution in [0.25, 0.3) is 0 Å². The van der Waals surface area contributed by atoms with Crippen molar-refractivity contribution in [3.8, 4) is 0 Å². The molecule has 3 aromatic carbocycles. The Morgan fingerprint density at radius 1 is 1.03 bits per heavy atom. The van der Waals surface area contributed by atoms with Gasteiger partial charge >= 0.3 is 5.97 Å². The van der Waals surface area contributed by atoms with Gasteiger partial charge in [-0.1, -0.05) is 42.5 Å². The maximum atomic E-state index is 14.3. The fourth-order valence-electron chi connectivity index (χ4n) is 4.23. The second-order valence-electron chi connectivity index (χ2n) is 9.29. The maximum Gasteiger partial charge on any atom is 0.303 e. The van der Waals surface area contributed by atoms with E-state index in [1.165, 1.54) is 35.3 Å². The Labute approximate surface area is 215 Å². The standard InChI is InChI=1S/C28H29FN2O5S/c29-27-7-2-1-6-26(27)22(17-28(33)34)18-37(35,36)25-14-10-20(11-15-25)8-9-21-4-3-5-24(16-21)31(19-32)30-23-12-13-23/h1-7,10-11,14-16,19,22-23,30H,8-9,12-13,17-18H2,(H,33,34). The monoisotopic (exact) mass is 524 g/mol. The lowest BCUT2D eigenvalue weighted by molar-refractivity contribution is -0.137. The average Bonchev–Trinajstić information content (AvgIpc) is 3.70. The van der Waals surface area contributed by atoms with Gasteiger partial charge in [0.15, 0.2) is 9.84 Å². The quantitative estimate of drug-likeness (QED) is 0.256. The van der Waals surface area contributed by atoms with E-state index in [0.29, 0.717) is 18.9 Å². The topological polar surface area (TPSA) is 104 Å². The number of carbonyl (C=O) groups excluding carboxylic acids is 1. The number of hydrogen-bond acceptors (Lipinski definition) is 5. The van der Waals surface area contributed by atoms with Gasteiger partial charge in [-0.25, -0.2) is 23.2 Å². The molecular weight excluding hydrogens is 495 g/mol. The molecule has 0 saturated heterocycles. The maximum absolute atomic E-state index is 14.3. The smallest absolute Gasteiger partial charge is 0.303 e. The van der Waals surface area contributed by atoms with Crippen molar-refractivity contribution in [1.29, 1.82) is 0 Å². The highest BCUT2D eigenvalue weighted by Crippen LogP contribution is 2.28. The fraction of sp³-hybridized carbons (Fsp3) is 0.286. The third kappa shape index (κ3) is 7.24. The minimum Gasteiger partial charge on any atom is -0.481 e. The molecule has 0 aromatic heterocycles. The number of aryl methyl sites for hydroxylation is 2. The Morgan fingerprint density at radius 2 is 1.73 bits per heavy atom. The van der Waals surface area contributed by atoms with Crippen molar-refractivity contribution >= 4 is 27.9 Å². The SMILES string of the molecule is O=CN(NC1CC1)c1cccc(CCc2ccc(S(=O)(=O)CC(CC(=O)O)c3ccccc3F)cc2)c1. The van der Waals surface area contributed by atoms with Gasteiger partial charge in [-0.15, -0.1) is 0 Å². The lowest BCUT2D eigenvalue weighted by atomic mass is 9.97. The molecule has 1 unspecified atom stereocenters. The Bertz CT molecular complexity index is 1360. The summed E-state index contributed by atoms with van der Waals surface area (Å²) in [7, 11) is -3.85. The summed E-state index contributed by atoms with van der Waals surface area (Å²) in [5.74, 6) is -3.32. The first-order valence-electron chi connectivity index (χ1n) is 12.1. The minimum atomic E-state index is -3.85. The van der Waals surface area contributed by atoms with Crippen LogP contribution >= 0.6 is 0 Å². The van der Waals surface area contributed by atoms with E-state index < -0.39 is 39.7 Å². The zero-order valence-corrected chi connectivity index (χ0v) is 21.0. The summed E-state index contributed by atoms with van der Waals surface area (Å²) in [5.41, 5.74) is 5.99. The van der Waals surface area contributed by atoms with Gasteiger partial charge in [0.05, 0.1) is 22.8 Å². The zero-order chi connectivity index (χ0) is 26.4. The molecule has 0 aliphatic heterocycles. The van der Waals surface area contributed by atoms with E-state index in [1.54, 1.807) is 18.2 Å². The zero-order valence-electron chi connectivity index (χ0n) is 20.2. The van der Waals surface area contributed by atoms with E-state index in [-0.39, 0.29) is 10.5 Å². The summed E-state index contributed by atoms with van der Waals surface area (Å²) >= 11 is 0. The van der Waals surface area contributed by atoms with E-state index in [0.717, 1.165) is 36.1 Å². The Hall–Kier alpha value is -3.56. The number of nitrogens with one attached hydrogen (secondary N) is 1. The highest BCUT2D eigenvalue weighted by molar-refractivity contribution is 7.91. The average molecular weight is 525 g/mol. The molecule has 4 rings (SSSR count). The first-order chi connectivity index (χ1) is 17.7. The van der Waals surface area contributed by atoms with Crippen LogP contribution in [0.1, 0.15) is 41.9 Å². The lowest BCUT2D eigenvalue weighted by Crippen LogP contribution is -2.38. The Morgan fingerprint density at radius 3 is 2.38 bits per heavy atom. The van der Waals surface area contributed by atoms with Gasteiger partial charge in [0, 0.05) is 12.0 Å². The van der Waals surface area contributed by atoms with Gasteiger partial charge < -0.3 is 5.11 Å². The number of nitrogens with zero attached hydrogens (tertiary/aromatic N) is 1. The molecule has 0 heterocycles. The van der Waals surface area contributed by atoms with Gasteiger partial charge in [0.1, 0.15) is 5.82 Å². The van der Waals surface area contributed by atoms with Crippen LogP contribution in [0.15, 0.2) is 77.7 Å². The summed E-state index contributed by atoms with van der Waals surface area (Å²) in [5, 5.41) is 10.8. The first-order valence-corrected chi connectivity index (χ1v) is 13.8. The van der Waals surface area contributed by atoms with Crippen molar-refractivity contribution in [1.82, 2.24) is 5.43 Å². The van der Waals surface area contributed by atoms with Crippen LogP contribution in [0.3, 0.4) is 0 Å². The number of carbonyl (C=O) groups is 2. The minimum absolute atomic E-state index is 0.0674. The molecule has 0 spiro atoms. The van der Waals surface area contributed by atoms with E-state index >= 15 is 0 Å². The number of anilines is 1. The van der Waals surface area contributed by atoms with Gasteiger partial charge in [0.25, 0.3) is 0 Å². The molecule has 1 amide bonds. The number of benzene rings is 3. The van der Waals surface area contributed by atoms with Gasteiger partial charge in [-0.2, -0.15) is 0 Å².